The molecule has 4 N–H and O–H groups in total. The lowest BCUT2D eigenvalue weighted by molar-refractivity contribution is -0.0408. The van der Waals surface area contributed by atoms with Gasteiger partial charge in [-0.25, -0.2) is 4.79 Å². The zero-order chi connectivity index (χ0) is 29.5. The minimum atomic E-state index is -1.22. The van der Waals surface area contributed by atoms with E-state index in [2.05, 4.69) is 0 Å². The maximum absolute atomic E-state index is 14.7. The van der Waals surface area contributed by atoms with Crippen LogP contribution >= 0.6 is 0 Å². The molecule has 1 fully saturated rings. The van der Waals surface area contributed by atoms with E-state index in [0.29, 0.717) is 12.8 Å². The third kappa shape index (κ3) is 6.89. The predicted octanol–water partition coefficient (Wildman–Crippen LogP) is 4.05. The largest absolute Gasteiger partial charge is 0.392 e. The molecule has 7 heteroatoms. The fourth-order valence-electron chi connectivity index (χ4n) is 5.86. The second-order valence-corrected chi connectivity index (χ2v) is 11.0. The highest BCUT2D eigenvalue weighted by Gasteiger charge is 2.46. The van der Waals surface area contributed by atoms with E-state index >= 15 is 0 Å². The Kier molecular flexibility index (Phi) is 9.66. The molecular weight excluding hydrogens is 528 g/mol. The van der Waals surface area contributed by atoms with Crippen LogP contribution in [0.3, 0.4) is 0 Å². The van der Waals surface area contributed by atoms with Crippen LogP contribution in [0.1, 0.15) is 33.4 Å². The molecule has 5 rings (SSSR count). The van der Waals surface area contributed by atoms with Crippen LogP contribution in [0, 0.1) is 0 Å². The highest BCUT2D eigenvalue weighted by Crippen LogP contribution is 2.30. The van der Waals surface area contributed by atoms with Crippen LogP contribution in [0.25, 0.3) is 0 Å². The van der Waals surface area contributed by atoms with Gasteiger partial charge in [0.15, 0.2) is 0 Å². The summed E-state index contributed by atoms with van der Waals surface area (Å²) in [5, 5.41) is 43.1. The van der Waals surface area contributed by atoms with Crippen LogP contribution in [-0.4, -0.2) is 60.5 Å². The molecule has 0 saturated carbocycles. The predicted molar refractivity (Wildman–Crippen MR) is 161 cm³/mol. The summed E-state index contributed by atoms with van der Waals surface area (Å²) in [5.74, 6) is 0. The Hall–Kier alpha value is -4.01. The van der Waals surface area contributed by atoms with Crippen LogP contribution < -0.4 is 0 Å². The first-order valence-corrected chi connectivity index (χ1v) is 14.4. The first-order chi connectivity index (χ1) is 20.5. The molecule has 0 radical (unpaired) electrons. The first-order valence-electron chi connectivity index (χ1n) is 14.4. The lowest BCUT2D eigenvalue weighted by Crippen LogP contribution is -2.50. The van der Waals surface area contributed by atoms with Gasteiger partial charge in [-0.3, -0.25) is 0 Å². The van der Waals surface area contributed by atoms with Crippen LogP contribution in [0.5, 0.6) is 0 Å². The number of aliphatic hydroxyl groups excluding tert-OH is 4. The van der Waals surface area contributed by atoms with E-state index in [0.717, 1.165) is 33.4 Å². The summed E-state index contributed by atoms with van der Waals surface area (Å²) in [6.07, 6.45) is -1.73. The van der Waals surface area contributed by atoms with Crippen LogP contribution in [0.4, 0.5) is 4.79 Å². The van der Waals surface area contributed by atoms with E-state index in [-0.39, 0.29) is 32.3 Å². The van der Waals surface area contributed by atoms with Gasteiger partial charge in [-0.05, 0) is 46.2 Å². The molecule has 1 aliphatic rings. The summed E-state index contributed by atoms with van der Waals surface area (Å²) in [5.41, 5.74) is 4.99. The van der Waals surface area contributed by atoms with Crippen molar-refractivity contribution in [1.82, 2.24) is 9.80 Å². The molecule has 1 aliphatic heterocycles. The first kappa shape index (κ1) is 29.5. The summed E-state index contributed by atoms with van der Waals surface area (Å²) < 4.78 is 0. The molecule has 4 atom stereocenters. The third-order valence-electron chi connectivity index (χ3n) is 8.06. The molecule has 42 heavy (non-hydrogen) atoms. The number of rotatable bonds is 10. The Morgan fingerprint density at radius 2 is 0.857 bits per heavy atom. The number of urea groups is 1. The second kappa shape index (κ2) is 13.8. The molecule has 0 unspecified atom stereocenters. The molecule has 218 valence electrons. The molecule has 1 heterocycles. The molecule has 1 saturated heterocycles. The summed E-state index contributed by atoms with van der Waals surface area (Å²) in [6, 6.07) is 32.5. The van der Waals surface area contributed by atoms with Crippen molar-refractivity contribution in [3.05, 3.63) is 143 Å². The molecule has 0 bridgehead atoms. The quantitative estimate of drug-likeness (QED) is 0.232. The second-order valence-electron chi connectivity index (χ2n) is 11.0. The van der Waals surface area contributed by atoms with Gasteiger partial charge in [0.05, 0.1) is 25.3 Å². The molecule has 4 aromatic rings. The Labute approximate surface area is 246 Å². The smallest absolute Gasteiger partial charge is 0.321 e. The molecule has 0 aromatic heterocycles. The van der Waals surface area contributed by atoms with Crippen molar-refractivity contribution >= 4 is 6.03 Å². The van der Waals surface area contributed by atoms with Crippen molar-refractivity contribution in [2.45, 2.75) is 63.4 Å². The average Bonchev–Trinajstić information content (AvgIpc) is 3.09. The van der Waals surface area contributed by atoms with E-state index in [1.54, 1.807) is 9.80 Å². The minimum absolute atomic E-state index is 0.122. The fourth-order valence-corrected chi connectivity index (χ4v) is 5.86. The molecule has 7 nitrogen and oxygen atoms in total. The number of hydrogen-bond donors (Lipinski definition) is 4. The van der Waals surface area contributed by atoms with Gasteiger partial charge in [0.2, 0.25) is 0 Å². The van der Waals surface area contributed by atoms with Crippen LogP contribution in [-0.2, 0) is 39.1 Å². The normalized spacial score (nSPS) is 20.9. The van der Waals surface area contributed by atoms with Gasteiger partial charge in [-0.15, -0.1) is 0 Å². The van der Waals surface area contributed by atoms with Gasteiger partial charge in [-0.1, -0.05) is 109 Å². The number of carbonyl (C=O) groups excluding carboxylic acids is 1. The highest BCUT2D eigenvalue weighted by atomic mass is 16.3. The maximum Gasteiger partial charge on any atom is 0.321 e. The van der Waals surface area contributed by atoms with Gasteiger partial charge in [-0.2, -0.15) is 0 Å². The number of carbonyl (C=O) groups is 1. The summed E-state index contributed by atoms with van der Waals surface area (Å²) >= 11 is 0. The van der Waals surface area contributed by atoms with Crippen LogP contribution in [0.2, 0.25) is 0 Å². The SMILES string of the molecule is O=C1N(Cc2cccc(CO)c2)[C@H](Cc2ccccc2)[C@H](O)[C@@H](O)[C@@H](Cc2ccccc2)N1Cc1cccc(CO)c1. The lowest BCUT2D eigenvalue weighted by Gasteiger charge is -2.36. The highest BCUT2D eigenvalue weighted by molar-refractivity contribution is 5.76. The van der Waals surface area contributed by atoms with E-state index < -0.39 is 24.3 Å². The van der Waals surface area contributed by atoms with Crippen molar-refractivity contribution in [3.8, 4) is 0 Å². The number of amides is 2. The number of nitrogens with zero attached hydrogens (tertiary/aromatic N) is 2. The zero-order valence-corrected chi connectivity index (χ0v) is 23.5. The Morgan fingerprint density at radius 1 is 0.500 bits per heavy atom. The number of hydrogen-bond acceptors (Lipinski definition) is 5. The van der Waals surface area contributed by atoms with Crippen molar-refractivity contribution in [1.29, 1.82) is 0 Å². The van der Waals surface area contributed by atoms with E-state index in [1.807, 2.05) is 109 Å². The van der Waals surface area contributed by atoms with Crippen molar-refractivity contribution in [2.75, 3.05) is 0 Å². The number of aliphatic hydroxyl groups is 4. The van der Waals surface area contributed by atoms with Gasteiger partial charge >= 0.3 is 6.03 Å². The van der Waals surface area contributed by atoms with Gasteiger partial charge < -0.3 is 30.2 Å². The van der Waals surface area contributed by atoms with Gasteiger partial charge in [0.25, 0.3) is 0 Å². The van der Waals surface area contributed by atoms with Crippen molar-refractivity contribution < 1.29 is 25.2 Å². The molecular formula is C35H38N2O5. The van der Waals surface area contributed by atoms with Gasteiger partial charge in [0, 0.05) is 13.1 Å². The number of benzene rings is 4. The van der Waals surface area contributed by atoms with Crippen molar-refractivity contribution in [3.63, 3.8) is 0 Å². The molecule has 0 spiro atoms. The summed E-state index contributed by atoms with van der Waals surface area (Å²) in [7, 11) is 0. The van der Waals surface area contributed by atoms with Gasteiger partial charge in [0.1, 0.15) is 12.2 Å². The lowest BCUT2D eigenvalue weighted by atomic mass is 9.91. The fraction of sp³-hybridized carbons (Fsp3) is 0.286. The third-order valence-corrected chi connectivity index (χ3v) is 8.06. The summed E-state index contributed by atoms with van der Waals surface area (Å²) in [4.78, 5) is 18.0. The molecule has 0 aliphatic carbocycles. The average molecular weight is 567 g/mol. The van der Waals surface area contributed by atoms with E-state index in [1.165, 1.54) is 0 Å². The molecule has 4 aromatic carbocycles. The zero-order valence-electron chi connectivity index (χ0n) is 23.5. The van der Waals surface area contributed by atoms with Crippen LogP contribution in [0.15, 0.2) is 109 Å². The van der Waals surface area contributed by atoms with E-state index in [4.69, 9.17) is 0 Å². The summed E-state index contributed by atoms with van der Waals surface area (Å²) in [6.45, 7) is 0.143. The molecule has 2 amide bonds. The Balaban J connectivity index is 1.59. The topological polar surface area (TPSA) is 104 Å². The Bertz CT molecular complexity index is 1340. The van der Waals surface area contributed by atoms with E-state index in [9.17, 15) is 25.2 Å². The van der Waals surface area contributed by atoms with Crippen molar-refractivity contribution in [2.24, 2.45) is 0 Å². The Morgan fingerprint density at radius 3 is 1.24 bits per heavy atom. The minimum Gasteiger partial charge on any atom is -0.392 e. The monoisotopic (exact) mass is 566 g/mol. The standard InChI is InChI=1S/C35H38N2O5/c38-23-29-15-7-13-27(17-29)21-36-31(19-25-9-3-1-4-10-25)33(40)34(41)32(20-26-11-5-2-6-12-26)37(35(36)42)22-28-14-8-16-30(18-28)24-39/h1-18,31-34,38-41H,19-24H2/t31-,32-,33+,34+/m1/s1. The maximum atomic E-state index is 14.7.